The number of hydrogen-bond donors (Lipinski definition) is 2. The van der Waals surface area contributed by atoms with Crippen LogP contribution >= 0.6 is 11.3 Å². The molecule has 6 nitrogen and oxygen atoms in total. The van der Waals surface area contributed by atoms with Gasteiger partial charge in [0.15, 0.2) is 0 Å². The summed E-state index contributed by atoms with van der Waals surface area (Å²) in [7, 11) is 1.90. The van der Waals surface area contributed by atoms with E-state index < -0.39 is 0 Å². The van der Waals surface area contributed by atoms with Crippen LogP contribution < -0.4 is 10.6 Å². The first kappa shape index (κ1) is 18.8. The molecule has 0 radical (unpaired) electrons. The summed E-state index contributed by atoms with van der Waals surface area (Å²) in [6.07, 6.45) is 3.72. The first-order chi connectivity index (χ1) is 13.0. The molecule has 2 aromatic heterocycles. The molecule has 1 aromatic carbocycles. The van der Waals surface area contributed by atoms with Gasteiger partial charge in [-0.05, 0) is 17.0 Å². The molecule has 0 aliphatic carbocycles. The first-order valence-corrected chi connectivity index (χ1v) is 9.54. The molecule has 3 aromatic rings. The van der Waals surface area contributed by atoms with Crippen LogP contribution in [0.15, 0.2) is 60.2 Å². The maximum absolute atomic E-state index is 12.8. The first-order valence-electron chi connectivity index (χ1n) is 8.66. The minimum atomic E-state index is -0.361. The molecule has 0 aliphatic heterocycles. The van der Waals surface area contributed by atoms with E-state index in [1.54, 1.807) is 6.20 Å². The quantitative estimate of drug-likeness (QED) is 0.660. The van der Waals surface area contributed by atoms with Crippen molar-refractivity contribution in [3.8, 4) is 0 Å². The summed E-state index contributed by atoms with van der Waals surface area (Å²) in [6.45, 7) is 1.46. The number of amides is 2. The molecule has 0 saturated heterocycles. The fourth-order valence-corrected chi connectivity index (χ4v) is 3.74. The highest BCUT2D eigenvalue weighted by atomic mass is 32.1. The highest BCUT2D eigenvalue weighted by molar-refractivity contribution is 7.10. The van der Waals surface area contributed by atoms with E-state index in [2.05, 4.69) is 15.6 Å². The molecule has 7 heteroatoms. The topological polar surface area (TPSA) is 76.0 Å². The number of aromatic nitrogens is 2. The lowest BCUT2D eigenvalue weighted by atomic mass is 10.1. The second-order valence-corrected chi connectivity index (χ2v) is 7.26. The maximum atomic E-state index is 12.8. The van der Waals surface area contributed by atoms with Crippen LogP contribution in [-0.2, 0) is 16.6 Å². The summed E-state index contributed by atoms with van der Waals surface area (Å²) >= 11 is 1.52. The molecular formula is C20H22N4O2S. The number of benzene rings is 1. The fraction of sp³-hybridized carbons (Fsp3) is 0.250. The zero-order valence-corrected chi connectivity index (χ0v) is 16.1. The molecule has 0 aliphatic rings. The van der Waals surface area contributed by atoms with Crippen LogP contribution in [0.25, 0.3) is 0 Å². The van der Waals surface area contributed by atoms with Gasteiger partial charge in [0.25, 0.3) is 0 Å². The molecule has 3 rings (SSSR count). The van der Waals surface area contributed by atoms with E-state index in [0.29, 0.717) is 0 Å². The predicted octanol–water partition coefficient (Wildman–Crippen LogP) is 2.95. The van der Waals surface area contributed by atoms with Crippen LogP contribution in [0.4, 0.5) is 0 Å². The molecular weight excluding hydrogens is 360 g/mol. The molecule has 2 N–H and O–H groups in total. The smallest absolute Gasteiger partial charge is 0.223 e. The van der Waals surface area contributed by atoms with Gasteiger partial charge in [0.1, 0.15) is 11.9 Å². The number of carbonyl (C=O) groups excluding carboxylic acids is 2. The molecule has 0 spiro atoms. The van der Waals surface area contributed by atoms with E-state index in [-0.39, 0.29) is 30.3 Å². The third kappa shape index (κ3) is 4.83. The van der Waals surface area contributed by atoms with E-state index in [4.69, 9.17) is 0 Å². The van der Waals surface area contributed by atoms with Crippen molar-refractivity contribution >= 4 is 23.2 Å². The van der Waals surface area contributed by atoms with Crippen molar-refractivity contribution in [2.24, 2.45) is 7.05 Å². The summed E-state index contributed by atoms with van der Waals surface area (Å²) in [5, 5.41) is 7.87. The normalized spacial score (nSPS) is 13.0. The van der Waals surface area contributed by atoms with Gasteiger partial charge in [-0.15, -0.1) is 11.3 Å². The minimum Gasteiger partial charge on any atom is -0.348 e. The average Bonchev–Trinajstić information content (AvgIpc) is 3.31. The van der Waals surface area contributed by atoms with Crippen LogP contribution in [0.5, 0.6) is 0 Å². The highest BCUT2D eigenvalue weighted by Gasteiger charge is 2.24. The van der Waals surface area contributed by atoms with E-state index in [1.165, 1.54) is 18.3 Å². The molecule has 27 heavy (non-hydrogen) atoms. The lowest BCUT2D eigenvalue weighted by molar-refractivity contribution is -0.123. The lowest BCUT2D eigenvalue weighted by Gasteiger charge is -2.21. The van der Waals surface area contributed by atoms with E-state index in [1.807, 2.05) is 65.7 Å². The van der Waals surface area contributed by atoms with Crippen molar-refractivity contribution in [1.82, 2.24) is 20.2 Å². The predicted molar refractivity (Wildman–Crippen MR) is 105 cm³/mol. The van der Waals surface area contributed by atoms with Gasteiger partial charge in [-0.2, -0.15) is 0 Å². The summed E-state index contributed by atoms with van der Waals surface area (Å²) in [4.78, 5) is 29.7. The molecule has 2 atom stereocenters. The van der Waals surface area contributed by atoms with Gasteiger partial charge in [0.2, 0.25) is 11.8 Å². The number of aryl methyl sites for hydroxylation is 1. The van der Waals surface area contributed by atoms with Gasteiger partial charge in [0.05, 0.1) is 12.5 Å². The van der Waals surface area contributed by atoms with Crippen LogP contribution in [0.2, 0.25) is 0 Å². The fourth-order valence-electron chi connectivity index (χ4n) is 2.96. The highest BCUT2D eigenvalue weighted by Crippen LogP contribution is 2.24. The Bertz CT molecular complexity index is 890. The summed E-state index contributed by atoms with van der Waals surface area (Å²) in [6, 6.07) is 12.9. The SMILES string of the molecule is CC(=O)N[C@H](CC(=O)N[C@H](c1ccccc1)c1nccn1C)c1cccs1. The van der Waals surface area contributed by atoms with Crippen molar-refractivity contribution in [1.29, 1.82) is 0 Å². The number of nitrogens with zero attached hydrogens (tertiary/aromatic N) is 2. The lowest BCUT2D eigenvalue weighted by Crippen LogP contribution is -2.35. The number of rotatable bonds is 7. The third-order valence-electron chi connectivity index (χ3n) is 4.21. The van der Waals surface area contributed by atoms with Crippen molar-refractivity contribution in [3.05, 3.63) is 76.5 Å². The second-order valence-electron chi connectivity index (χ2n) is 6.28. The Kier molecular flexibility index (Phi) is 6.03. The van der Waals surface area contributed by atoms with Crippen molar-refractivity contribution in [2.45, 2.75) is 25.4 Å². The maximum Gasteiger partial charge on any atom is 0.223 e. The van der Waals surface area contributed by atoms with Crippen molar-refractivity contribution < 1.29 is 9.59 Å². The Morgan fingerprint density at radius 2 is 1.93 bits per heavy atom. The Hall–Kier alpha value is -2.93. The van der Waals surface area contributed by atoms with Crippen LogP contribution in [-0.4, -0.2) is 21.4 Å². The van der Waals surface area contributed by atoms with Gasteiger partial charge >= 0.3 is 0 Å². The molecule has 140 valence electrons. The van der Waals surface area contributed by atoms with Crippen LogP contribution in [0.3, 0.4) is 0 Å². The average molecular weight is 382 g/mol. The largest absolute Gasteiger partial charge is 0.348 e. The Morgan fingerprint density at radius 3 is 2.52 bits per heavy atom. The molecule has 2 amide bonds. The molecule has 0 fully saturated rings. The number of imidazole rings is 1. The van der Waals surface area contributed by atoms with Gasteiger partial charge < -0.3 is 15.2 Å². The van der Waals surface area contributed by atoms with E-state index >= 15 is 0 Å². The standard InChI is InChI=1S/C20H22N4O2S/c1-14(25)22-16(17-9-6-12-27-17)13-18(26)23-19(15-7-4-3-5-8-15)20-21-10-11-24(20)2/h3-12,16,19H,13H2,1-2H3,(H,22,25)(H,23,26)/t16-,19-/m1/s1. The zero-order valence-electron chi connectivity index (χ0n) is 15.3. The van der Waals surface area contributed by atoms with E-state index in [0.717, 1.165) is 16.3 Å². The summed E-state index contributed by atoms with van der Waals surface area (Å²) < 4.78 is 1.89. The molecule has 2 heterocycles. The Labute approximate surface area is 162 Å². The third-order valence-corrected chi connectivity index (χ3v) is 5.19. The number of carbonyl (C=O) groups is 2. The van der Waals surface area contributed by atoms with Crippen molar-refractivity contribution in [3.63, 3.8) is 0 Å². The monoisotopic (exact) mass is 382 g/mol. The Balaban J connectivity index is 1.80. The van der Waals surface area contributed by atoms with Gasteiger partial charge in [-0.1, -0.05) is 36.4 Å². The molecule has 0 bridgehead atoms. The Morgan fingerprint density at radius 1 is 1.15 bits per heavy atom. The minimum absolute atomic E-state index is 0.154. The van der Waals surface area contributed by atoms with Gasteiger partial charge in [-0.25, -0.2) is 4.98 Å². The molecule has 0 unspecified atom stereocenters. The van der Waals surface area contributed by atoms with Crippen molar-refractivity contribution in [2.75, 3.05) is 0 Å². The van der Waals surface area contributed by atoms with E-state index in [9.17, 15) is 9.59 Å². The van der Waals surface area contributed by atoms with Crippen LogP contribution in [0.1, 0.15) is 41.7 Å². The van der Waals surface area contributed by atoms with Gasteiger partial charge in [-0.3, -0.25) is 9.59 Å². The van der Waals surface area contributed by atoms with Crippen LogP contribution in [0, 0.1) is 0 Å². The zero-order chi connectivity index (χ0) is 19.2. The number of thiophene rings is 1. The molecule has 0 saturated carbocycles. The second kappa shape index (κ2) is 8.64. The van der Waals surface area contributed by atoms with Gasteiger partial charge in [0, 0.05) is 31.2 Å². The number of hydrogen-bond acceptors (Lipinski definition) is 4. The summed E-state index contributed by atoms with van der Waals surface area (Å²) in [5.74, 6) is 0.436. The summed E-state index contributed by atoms with van der Waals surface area (Å²) in [5.41, 5.74) is 0.951. The number of nitrogens with one attached hydrogen (secondary N) is 2.